The van der Waals surface area contributed by atoms with Gasteiger partial charge in [0.15, 0.2) is 0 Å². The fourth-order valence-corrected chi connectivity index (χ4v) is 4.33. The van der Waals surface area contributed by atoms with Crippen molar-refractivity contribution in [3.05, 3.63) is 88.1 Å². The molecule has 3 aromatic heterocycles. The molecular weight excluding hydrogens is 372 g/mol. The summed E-state index contributed by atoms with van der Waals surface area (Å²) in [5.41, 5.74) is 4.03. The van der Waals surface area contributed by atoms with Gasteiger partial charge in [0, 0.05) is 11.6 Å². The minimum absolute atomic E-state index is 0.818. The van der Waals surface area contributed by atoms with Crippen LogP contribution in [0.3, 0.4) is 0 Å². The van der Waals surface area contributed by atoms with Gasteiger partial charge in [-0.2, -0.15) is 5.10 Å². The van der Waals surface area contributed by atoms with Gasteiger partial charge in [-0.15, -0.1) is 22.7 Å². The molecule has 0 unspecified atom stereocenters. The van der Waals surface area contributed by atoms with Crippen LogP contribution in [0, 0.1) is 0 Å². The fraction of sp³-hybridized carbons (Fsp3) is 0.0952. The summed E-state index contributed by atoms with van der Waals surface area (Å²) in [6.07, 6.45) is 4.35. The Hall–Kier alpha value is -2.83. The third-order valence-electron chi connectivity index (χ3n) is 3.99. The first-order valence-electron chi connectivity index (χ1n) is 8.67. The van der Waals surface area contributed by atoms with Gasteiger partial charge in [-0.3, -0.25) is 4.98 Å². The van der Waals surface area contributed by atoms with Crippen molar-refractivity contribution in [3.63, 3.8) is 0 Å². The van der Waals surface area contributed by atoms with E-state index in [4.69, 9.17) is 10.1 Å². The van der Waals surface area contributed by atoms with Gasteiger partial charge in [-0.1, -0.05) is 43.3 Å². The van der Waals surface area contributed by atoms with Crippen molar-refractivity contribution >= 4 is 34.1 Å². The van der Waals surface area contributed by atoms with E-state index in [1.807, 2.05) is 35.0 Å². The van der Waals surface area contributed by atoms with Crippen LogP contribution in [0.15, 0.2) is 87.8 Å². The summed E-state index contributed by atoms with van der Waals surface area (Å²) in [6.45, 7) is 2.13. The topological polar surface area (TPSA) is 42.5 Å². The van der Waals surface area contributed by atoms with E-state index in [0.717, 1.165) is 33.9 Å². The Morgan fingerprint density at radius 1 is 1.04 bits per heavy atom. The molecule has 0 bridgehead atoms. The molecular formula is C21H18N4S2. The maximum atomic E-state index is 5.00. The molecule has 0 amide bonds. The smallest absolute Gasteiger partial charge is 0.211 e. The van der Waals surface area contributed by atoms with E-state index in [9.17, 15) is 0 Å². The zero-order valence-corrected chi connectivity index (χ0v) is 16.5. The quantitative estimate of drug-likeness (QED) is 0.411. The zero-order chi connectivity index (χ0) is 18.5. The highest BCUT2D eigenvalue weighted by Crippen LogP contribution is 2.25. The molecule has 134 valence electrons. The van der Waals surface area contributed by atoms with E-state index in [-0.39, 0.29) is 0 Å². The molecule has 3 heterocycles. The minimum atomic E-state index is 0.818. The van der Waals surface area contributed by atoms with Crippen molar-refractivity contribution in [2.75, 3.05) is 0 Å². The van der Waals surface area contributed by atoms with Crippen molar-refractivity contribution in [2.24, 2.45) is 10.1 Å². The lowest BCUT2D eigenvalue weighted by atomic mass is 10.1. The highest BCUT2D eigenvalue weighted by atomic mass is 32.1. The Labute approximate surface area is 165 Å². The number of thiophene rings is 1. The summed E-state index contributed by atoms with van der Waals surface area (Å²) in [5, 5.41) is 9.19. The Kier molecular flexibility index (Phi) is 5.37. The largest absolute Gasteiger partial charge is 0.262 e. The normalized spacial score (nSPS) is 12.5. The number of pyridine rings is 1. The SMILES string of the molecule is CCC(=Nn1c(-c2cccs2)csc1=Nc1cccnc1)c1ccccc1. The Balaban J connectivity index is 1.90. The highest BCUT2D eigenvalue weighted by Gasteiger charge is 2.10. The number of thiazole rings is 1. The van der Waals surface area contributed by atoms with Crippen LogP contribution in [0.25, 0.3) is 10.6 Å². The van der Waals surface area contributed by atoms with Crippen LogP contribution in [0.5, 0.6) is 0 Å². The number of benzene rings is 1. The predicted octanol–water partition coefficient (Wildman–Crippen LogP) is 5.57. The number of hydrogen-bond donors (Lipinski definition) is 0. The average Bonchev–Trinajstić information content (AvgIpc) is 3.38. The monoisotopic (exact) mass is 390 g/mol. The van der Waals surface area contributed by atoms with Gasteiger partial charge in [-0.25, -0.2) is 9.67 Å². The van der Waals surface area contributed by atoms with Gasteiger partial charge < -0.3 is 0 Å². The van der Waals surface area contributed by atoms with Crippen LogP contribution in [-0.2, 0) is 0 Å². The third-order valence-corrected chi connectivity index (χ3v) is 5.70. The molecule has 4 rings (SSSR count). The molecule has 0 aliphatic rings. The molecule has 0 aliphatic heterocycles. The van der Waals surface area contributed by atoms with Crippen molar-refractivity contribution in [1.29, 1.82) is 0 Å². The molecule has 0 saturated heterocycles. The zero-order valence-electron chi connectivity index (χ0n) is 14.8. The lowest BCUT2D eigenvalue weighted by molar-refractivity contribution is 0.844. The fourth-order valence-electron chi connectivity index (χ4n) is 2.68. The predicted molar refractivity (Wildman–Crippen MR) is 114 cm³/mol. The second-order valence-corrected chi connectivity index (χ2v) is 7.57. The summed E-state index contributed by atoms with van der Waals surface area (Å²) in [6, 6.07) is 18.3. The summed E-state index contributed by atoms with van der Waals surface area (Å²) in [4.78, 5) is 10.9. The molecule has 4 aromatic rings. The van der Waals surface area contributed by atoms with Crippen LogP contribution in [0.2, 0.25) is 0 Å². The van der Waals surface area contributed by atoms with Crippen LogP contribution in [0.1, 0.15) is 18.9 Å². The number of hydrogen-bond acceptors (Lipinski definition) is 5. The highest BCUT2D eigenvalue weighted by molar-refractivity contribution is 7.14. The Bertz CT molecular complexity index is 1090. The van der Waals surface area contributed by atoms with Gasteiger partial charge in [0.05, 0.1) is 28.2 Å². The summed E-state index contributed by atoms with van der Waals surface area (Å²) in [5.74, 6) is 0. The van der Waals surface area contributed by atoms with E-state index in [1.165, 1.54) is 4.88 Å². The molecule has 0 spiro atoms. The van der Waals surface area contributed by atoms with Crippen LogP contribution in [0.4, 0.5) is 5.69 Å². The summed E-state index contributed by atoms with van der Waals surface area (Å²) < 4.78 is 1.95. The summed E-state index contributed by atoms with van der Waals surface area (Å²) in [7, 11) is 0. The van der Waals surface area contributed by atoms with Gasteiger partial charge in [0.25, 0.3) is 0 Å². The molecule has 0 aliphatic carbocycles. The van der Waals surface area contributed by atoms with Crippen molar-refractivity contribution in [3.8, 4) is 10.6 Å². The second kappa shape index (κ2) is 8.24. The van der Waals surface area contributed by atoms with Crippen molar-refractivity contribution in [1.82, 2.24) is 9.66 Å². The Morgan fingerprint density at radius 3 is 2.63 bits per heavy atom. The van der Waals surface area contributed by atoms with E-state index in [2.05, 4.69) is 46.9 Å². The molecule has 0 radical (unpaired) electrons. The number of rotatable bonds is 5. The Morgan fingerprint density at radius 2 is 1.93 bits per heavy atom. The molecule has 0 saturated carbocycles. The number of nitrogens with zero attached hydrogens (tertiary/aromatic N) is 4. The molecule has 1 aromatic carbocycles. The first kappa shape index (κ1) is 17.6. The lowest BCUT2D eigenvalue weighted by Gasteiger charge is -2.07. The molecule has 0 fully saturated rings. The average molecular weight is 391 g/mol. The molecule has 6 heteroatoms. The van der Waals surface area contributed by atoms with Gasteiger partial charge in [-0.05, 0) is 35.6 Å². The van der Waals surface area contributed by atoms with E-state index in [0.29, 0.717) is 0 Å². The molecule has 0 N–H and O–H groups in total. The summed E-state index contributed by atoms with van der Waals surface area (Å²) >= 11 is 3.29. The van der Waals surface area contributed by atoms with Crippen LogP contribution in [-0.4, -0.2) is 15.4 Å². The maximum Gasteiger partial charge on any atom is 0.211 e. The second-order valence-electron chi connectivity index (χ2n) is 5.78. The first-order valence-corrected chi connectivity index (χ1v) is 10.4. The molecule has 0 atom stereocenters. The van der Waals surface area contributed by atoms with E-state index in [1.54, 1.807) is 35.1 Å². The minimum Gasteiger partial charge on any atom is -0.262 e. The van der Waals surface area contributed by atoms with E-state index < -0.39 is 0 Å². The maximum absolute atomic E-state index is 5.00. The number of aromatic nitrogens is 2. The van der Waals surface area contributed by atoms with Gasteiger partial charge in [0.1, 0.15) is 0 Å². The van der Waals surface area contributed by atoms with Crippen LogP contribution < -0.4 is 4.80 Å². The first-order chi connectivity index (χ1) is 13.3. The van der Waals surface area contributed by atoms with Gasteiger partial charge in [0.2, 0.25) is 4.80 Å². The van der Waals surface area contributed by atoms with Crippen LogP contribution >= 0.6 is 22.7 Å². The van der Waals surface area contributed by atoms with E-state index >= 15 is 0 Å². The lowest BCUT2D eigenvalue weighted by Crippen LogP contribution is -2.14. The molecule has 4 nitrogen and oxygen atoms in total. The van der Waals surface area contributed by atoms with Crippen molar-refractivity contribution in [2.45, 2.75) is 13.3 Å². The standard InChI is InChI=1S/C21H18N4S2/c1-2-18(16-8-4-3-5-9-16)24-25-19(20-11-7-13-26-20)15-27-21(25)23-17-10-6-12-22-14-17/h3-15H,2H2,1H3. The third kappa shape index (κ3) is 3.97. The molecule has 27 heavy (non-hydrogen) atoms. The van der Waals surface area contributed by atoms with Gasteiger partial charge >= 0.3 is 0 Å². The van der Waals surface area contributed by atoms with Crippen molar-refractivity contribution < 1.29 is 0 Å².